The van der Waals surface area contributed by atoms with Crippen molar-refractivity contribution in [3.8, 4) is 46.5 Å². The average molecular weight is 502 g/mol. The summed E-state index contributed by atoms with van der Waals surface area (Å²) in [6.45, 7) is 1.80. The highest BCUT2D eigenvalue weighted by Gasteiger charge is 2.23. The van der Waals surface area contributed by atoms with Crippen molar-refractivity contribution in [3.05, 3.63) is 84.3 Å². The van der Waals surface area contributed by atoms with E-state index in [-0.39, 0.29) is 11.8 Å². The highest BCUT2D eigenvalue weighted by Crippen LogP contribution is 2.43. The number of nitrogens with zero attached hydrogens (tertiary/aromatic N) is 6. The quantitative estimate of drug-likeness (QED) is 0.321. The van der Waals surface area contributed by atoms with Crippen LogP contribution in [0.3, 0.4) is 0 Å². The van der Waals surface area contributed by atoms with Crippen LogP contribution in [0.2, 0.25) is 0 Å². The van der Waals surface area contributed by atoms with Crippen molar-refractivity contribution in [2.45, 2.75) is 6.92 Å². The highest BCUT2D eigenvalue weighted by atomic mass is 19.1. The van der Waals surface area contributed by atoms with Gasteiger partial charge in [0.05, 0.1) is 16.6 Å². The molecule has 38 heavy (non-hydrogen) atoms. The first kappa shape index (κ1) is 23.1. The number of hydrogen-bond acceptors (Lipinski definition) is 7. The van der Waals surface area contributed by atoms with Gasteiger partial charge in [0.2, 0.25) is 0 Å². The van der Waals surface area contributed by atoms with E-state index in [0.29, 0.717) is 39.2 Å². The molecule has 2 N–H and O–H groups in total. The Balaban J connectivity index is 1.54. The van der Waals surface area contributed by atoms with E-state index in [1.54, 1.807) is 37.5 Å². The molecule has 0 spiro atoms. The van der Waals surface area contributed by atoms with Crippen LogP contribution < -0.4 is 10.5 Å². The van der Waals surface area contributed by atoms with Crippen LogP contribution in [0.5, 0.6) is 11.8 Å². The molecule has 0 amide bonds. The maximum Gasteiger partial charge on any atom is 0.322 e. The van der Waals surface area contributed by atoms with E-state index < -0.39 is 5.82 Å². The molecule has 9 heteroatoms. The Morgan fingerprint density at radius 2 is 1.84 bits per heavy atom. The van der Waals surface area contributed by atoms with E-state index in [9.17, 15) is 0 Å². The maximum absolute atomic E-state index is 15.4. The zero-order valence-corrected chi connectivity index (χ0v) is 20.5. The van der Waals surface area contributed by atoms with Crippen molar-refractivity contribution < 1.29 is 9.13 Å². The summed E-state index contributed by atoms with van der Waals surface area (Å²) in [5.74, 6) is 2.33. The third kappa shape index (κ3) is 3.85. The van der Waals surface area contributed by atoms with Gasteiger partial charge in [-0.3, -0.25) is 4.98 Å². The third-order valence-corrected chi connectivity index (χ3v) is 6.32. The van der Waals surface area contributed by atoms with Gasteiger partial charge in [-0.05, 0) is 42.8 Å². The van der Waals surface area contributed by atoms with Crippen molar-refractivity contribution in [1.29, 1.82) is 0 Å². The lowest BCUT2D eigenvalue weighted by atomic mass is 9.97. The average Bonchev–Trinajstić information content (AvgIpc) is 3.22. The number of nitrogen functional groups attached to an aromatic ring is 1. The number of anilines is 1. The molecule has 0 aliphatic heterocycles. The predicted molar refractivity (Wildman–Crippen MR) is 144 cm³/mol. The third-order valence-electron chi connectivity index (χ3n) is 6.32. The SMILES string of the molecule is C#Cc1cnc2cc(-c3c(-c4ccc(Oc5nccc(C)n5)c(F)c4)c4c(N)ncnc4n3C)ccc2c1. The minimum Gasteiger partial charge on any atom is -0.421 e. The number of terminal acetylenes is 1. The van der Waals surface area contributed by atoms with Gasteiger partial charge in [0, 0.05) is 47.2 Å². The van der Waals surface area contributed by atoms with Crippen LogP contribution in [-0.2, 0) is 7.05 Å². The molecule has 0 saturated carbocycles. The molecule has 0 bridgehead atoms. The van der Waals surface area contributed by atoms with Crippen molar-refractivity contribution in [2.24, 2.45) is 7.05 Å². The summed E-state index contributed by atoms with van der Waals surface area (Å²) in [5.41, 5.74) is 12.0. The van der Waals surface area contributed by atoms with E-state index >= 15 is 4.39 Å². The molecule has 4 aromatic heterocycles. The first-order valence-corrected chi connectivity index (χ1v) is 11.7. The van der Waals surface area contributed by atoms with Gasteiger partial charge in [-0.15, -0.1) is 6.42 Å². The van der Waals surface area contributed by atoms with E-state index in [2.05, 4.69) is 30.8 Å². The molecule has 0 radical (unpaired) electrons. The van der Waals surface area contributed by atoms with Crippen LogP contribution >= 0.6 is 0 Å². The molecule has 6 aromatic rings. The standard InChI is InChI=1S/C29H20FN7O/c1-4-17-11-18-5-6-20(13-22(18)33-14-17)26-24(25-27(31)34-15-35-28(25)37(26)3)19-7-8-23(21(30)12-19)38-29-32-10-9-16(2)36-29/h1,5-15H,2-3H3,(H2,31,34,35). The number of rotatable bonds is 4. The molecule has 0 aliphatic rings. The fraction of sp³-hybridized carbons (Fsp3) is 0.0690. The summed E-state index contributed by atoms with van der Waals surface area (Å²) in [6.07, 6.45) is 10.2. The van der Waals surface area contributed by atoms with E-state index in [1.165, 1.54) is 12.4 Å². The Hall–Kier alpha value is -5.36. The Bertz CT molecular complexity index is 1920. The summed E-state index contributed by atoms with van der Waals surface area (Å²) in [7, 11) is 1.88. The fourth-order valence-corrected chi connectivity index (χ4v) is 4.55. The molecule has 2 aromatic carbocycles. The zero-order valence-electron chi connectivity index (χ0n) is 20.5. The first-order chi connectivity index (χ1) is 18.4. The molecule has 0 unspecified atom stereocenters. The minimum absolute atomic E-state index is 0.00424. The summed E-state index contributed by atoms with van der Waals surface area (Å²) in [5, 5.41) is 1.53. The first-order valence-electron chi connectivity index (χ1n) is 11.7. The molecular formula is C29H20FN7O. The second kappa shape index (κ2) is 8.94. The van der Waals surface area contributed by atoms with Gasteiger partial charge in [0.15, 0.2) is 11.6 Å². The number of hydrogen-bond donors (Lipinski definition) is 1. The molecule has 4 heterocycles. The van der Waals surface area contributed by atoms with Gasteiger partial charge in [-0.2, -0.15) is 0 Å². The van der Waals surface area contributed by atoms with E-state index in [0.717, 1.165) is 22.2 Å². The lowest BCUT2D eigenvalue weighted by Gasteiger charge is -2.11. The molecule has 184 valence electrons. The van der Waals surface area contributed by atoms with Crippen molar-refractivity contribution in [3.63, 3.8) is 0 Å². The smallest absolute Gasteiger partial charge is 0.322 e. The zero-order chi connectivity index (χ0) is 26.4. The topological polar surface area (TPSA) is 105 Å². The van der Waals surface area contributed by atoms with Gasteiger partial charge in [-0.1, -0.05) is 24.1 Å². The second-order valence-electron chi connectivity index (χ2n) is 8.74. The largest absolute Gasteiger partial charge is 0.421 e. The van der Waals surface area contributed by atoms with Crippen LogP contribution in [0, 0.1) is 25.1 Å². The summed E-state index contributed by atoms with van der Waals surface area (Å²) < 4.78 is 22.9. The molecule has 6 rings (SSSR count). The van der Waals surface area contributed by atoms with Crippen molar-refractivity contribution in [1.82, 2.24) is 29.5 Å². The van der Waals surface area contributed by atoms with Crippen LogP contribution in [0.15, 0.2) is 67.3 Å². The fourth-order valence-electron chi connectivity index (χ4n) is 4.55. The number of halogens is 1. The van der Waals surface area contributed by atoms with Gasteiger partial charge in [0.1, 0.15) is 17.8 Å². The van der Waals surface area contributed by atoms with E-state index in [1.807, 2.05) is 35.9 Å². The minimum atomic E-state index is -0.576. The van der Waals surface area contributed by atoms with Crippen LogP contribution in [0.1, 0.15) is 11.3 Å². The van der Waals surface area contributed by atoms with Gasteiger partial charge < -0.3 is 15.0 Å². The van der Waals surface area contributed by atoms with Crippen molar-refractivity contribution >= 4 is 27.8 Å². The Morgan fingerprint density at radius 1 is 1.00 bits per heavy atom. The van der Waals surface area contributed by atoms with Crippen molar-refractivity contribution in [2.75, 3.05) is 5.73 Å². The predicted octanol–water partition coefficient (Wildman–Crippen LogP) is 5.44. The molecule has 0 saturated heterocycles. The number of benzene rings is 2. The number of pyridine rings is 1. The number of nitrogens with two attached hydrogens (primary N) is 1. The molecule has 0 fully saturated rings. The number of fused-ring (bicyclic) bond motifs is 2. The lowest BCUT2D eigenvalue weighted by molar-refractivity contribution is 0.410. The summed E-state index contributed by atoms with van der Waals surface area (Å²) >= 11 is 0. The molecule has 0 atom stereocenters. The number of ether oxygens (including phenoxy) is 1. The molecule has 8 nitrogen and oxygen atoms in total. The van der Waals surface area contributed by atoms with Gasteiger partial charge in [-0.25, -0.2) is 24.3 Å². The normalized spacial score (nSPS) is 11.1. The van der Waals surface area contributed by atoms with E-state index in [4.69, 9.17) is 16.9 Å². The summed E-state index contributed by atoms with van der Waals surface area (Å²) in [6, 6.07) is 14.3. The molecule has 0 aliphatic carbocycles. The maximum atomic E-state index is 15.4. The Labute approximate surface area is 217 Å². The monoisotopic (exact) mass is 501 g/mol. The van der Waals surface area contributed by atoms with Gasteiger partial charge in [0.25, 0.3) is 0 Å². The number of aryl methyl sites for hydroxylation is 2. The molecular weight excluding hydrogens is 481 g/mol. The van der Waals surface area contributed by atoms with Crippen LogP contribution in [0.4, 0.5) is 10.2 Å². The highest BCUT2D eigenvalue weighted by molar-refractivity contribution is 6.08. The van der Waals surface area contributed by atoms with Crippen LogP contribution in [0.25, 0.3) is 44.3 Å². The lowest BCUT2D eigenvalue weighted by Crippen LogP contribution is -1.96. The van der Waals surface area contributed by atoms with Crippen LogP contribution in [-0.4, -0.2) is 29.5 Å². The Morgan fingerprint density at radius 3 is 2.63 bits per heavy atom. The Kier molecular flexibility index (Phi) is 5.43. The summed E-state index contributed by atoms with van der Waals surface area (Å²) in [4.78, 5) is 21.4. The number of aromatic nitrogens is 6. The van der Waals surface area contributed by atoms with Gasteiger partial charge >= 0.3 is 6.01 Å². The second-order valence-corrected chi connectivity index (χ2v) is 8.74.